The topological polar surface area (TPSA) is 81.8 Å². The first-order valence-corrected chi connectivity index (χ1v) is 9.34. The molecule has 0 bridgehead atoms. The van der Waals surface area contributed by atoms with Crippen molar-refractivity contribution < 1.29 is 18.8 Å². The number of imide groups is 1. The maximum absolute atomic E-state index is 13.3. The molecule has 2 N–H and O–H groups in total. The van der Waals surface area contributed by atoms with E-state index in [-0.39, 0.29) is 24.3 Å². The molecular formula is C19H23FN4O3. The van der Waals surface area contributed by atoms with Gasteiger partial charge in [0.05, 0.1) is 6.04 Å². The summed E-state index contributed by atoms with van der Waals surface area (Å²) in [5, 5.41) is 5.52. The maximum Gasteiger partial charge on any atom is 0.255 e. The molecule has 0 saturated carbocycles. The standard InChI is InChI=1S/C19H23FN4O3/c20-8-13-9-21-6-7-23(13)10-12-2-1-3-14-15(12)11-24(19(14)27)16-4-5-17(25)22-18(16)26/h1-3,13,16,21H,4-11H2,(H,22,25,26). The van der Waals surface area contributed by atoms with Crippen molar-refractivity contribution >= 4 is 17.7 Å². The predicted octanol–water partition coefficient (Wildman–Crippen LogP) is 0.191. The molecule has 144 valence electrons. The largest absolute Gasteiger partial charge is 0.322 e. The fraction of sp³-hybridized carbons (Fsp3) is 0.526. The second-order valence-electron chi connectivity index (χ2n) is 7.33. The summed E-state index contributed by atoms with van der Waals surface area (Å²) in [7, 11) is 0. The molecule has 0 radical (unpaired) electrons. The van der Waals surface area contributed by atoms with Crippen molar-refractivity contribution in [1.82, 2.24) is 20.4 Å². The predicted molar refractivity (Wildman–Crippen MR) is 95.5 cm³/mol. The monoisotopic (exact) mass is 374 g/mol. The molecule has 8 heteroatoms. The molecule has 0 spiro atoms. The first kappa shape index (κ1) is 18.1. The second-order valence-corrected chi connectivity index (χ2v) is 7.33. The first-order valence-electron chi connectivity index (χ1n) is 9.34. The van der Waals surface area contributed by atoms with Gasteiger partial charge in [-0.3, -0.25) is 24.6 Å². The summed E-state index contributed by atoms with van der Waals surface area (Å²) in [6.07, 6.45) is 0.587. The number of nitrogens with zero attached hydrogens (tertiary/aromatic N) is 2. The van der Waals surface area contributed by atoms with Crippen molar-refractivity contribution in [2.45, 2.75) is 38.0 Å². The Bertz CT molecular complexity index is 784. The summed E-state index contributed by atoms with van der Waals surface area (Å²) < 4.78 is 13.3. The fourth-order valence-electron chi connectivity index (χ4n) is 4.18. The van der Waals surface area contributed by atoms with E-state index in [1.807, 2.05) is 12.1 Å². The van der Waals surface area contributed by atoms with Crippen molar-refractivity contribution in [3.63, 3.8) is 0 Å². The van der Waals surface area contributed by atoms with Crippen LogP contribution in [0.25, 0.3) is 0 Å². The van der Waals surface area contributed by atoms with Gasteiger partial charge in [-0.25, -0.2) is 4.39 Å². The molecule has 1 aromatic rings. The van der Waals surface area contributed by atoms with Gasteiger partial charge in [0.25, 0.3) is 5.91 Å². The molecule has 2 saturated heterocycles. The van der Waals surface area contributed by atoms with Crippen LogP contribution >= 0.6 is 0 Å². The van der Waals surface area contributed by atoms with E-state index >= 15 is 0 Å². The summed E-state index contributed by atoms with van der Waals surface area (Å²) >= 11 is 0. The van der Waals surface area contributed by atoms with E-state index < -0.39 is 18.6 Å². The number of piperazine rings is 1. The maximum atomic E-state index is 13.3. The normalized spacial score (nSPS) is 26.3. The van der Waals surface area contributed by atoms with Crippen LogP contribution in [0.15, 0.2) is 18.2 Å². The molecular weight excluding hydrogens is 351 g/mol. The zero-order valence-electron chi connectivity index (χ0n) is 15.0. The Morgan fingerprint density at radius 2 is 2.07 bits per heavy atom. The third-order valence-electron chi connectivity index (χ3n) is 5.70. The summed E-state index contributed by atoms with van der Waals surface area (Å²) in [6, 6.07) is 4.80. The van der Waals surface area contributed by atoms with Gasteiger partial charge in [0, 0.05) is 44.7 Å². The number of fused-ring (bicyclic) bond motifs is 1. The number of hydrogen-bond donors (Lipinski definition) is 2. The molecule has 7 nitrogen and oxygen atoms in total. The SMILES string of the molecule is O=C1CCC(N2Cc3c(CN4CCNCC4CF)cccc3C2=O)C(=O)N1. The molecule has 1 aromatic carbocycles. The molecule has 2 fully saturated rings. The van der Waals surface area contributed by atoms with E-state index in [0.717, 1.165) is 24.2 Å². The third kappa shape index (κ3) is 3.35. The van der Waals surface area contributed by atoms with E-state index in [0.29, 0.717) is 31.6 Å². The number of hydrogen-bond acceptors (Lipinski definition) is 5. The summed E-state index contributed by atoms with van der Waals surface area (Å²) in [5.74, 6) is -0.880. The van der Waals surface area contributed by atoms with Crippen molar-refractivity contribution in [1.29, 1.82) is 0 Å². The van der Waals surface area contributed by atoms with Crippen molar-refractivity contribution in [2.24, 2.45) is 0 Å². The lowest BCUT2D eigenvalue weighted by Gasteiger charge is -2.35. The van der Waals surface area contributed by atoms with Crippen LogP contribution in [0.2, 0.25) is 0 Å². The van der Waals surface area contributed by atoms with Crippen LogP contribution in [-0.4, -0.2) is 65.9 Å². The number of halogens is 1. The minimum atomic E-state index is -0.617. The number of benzene rings is 1. The molecule has 4 rings (SSSR count). The van der Waals surface area contributed by atoms with E-state index in [1.54, 1.807) is 11.0 Å². The quantitative estimate of drug-likeness (QED) is 0.736. The van der Waals surface area contributed by atoms with E-state index in [4.69, 9.17) is 0 Å². The highest BCUT2D eigenvalue weighted by Gasteiger charge is 2.40. The lowest BCUT2D eigenvalue weighted by Crippen LogP contribution is -2.52. The van der Waals surface area contributed by atoms with Gasteiger partial charge in [-0.15, -0.1) is 0 Å². The average molecular weight is 374 g/mol. The Morgan fingerprint density at radius 1 is 1.22 bits per heavy atom. The molecule has 2 unspecified atom stereocenters. The first-order chi connectivity index (χ1) is 13.1. The highest BCUT2D eigenvalue weighted by atomic mass is 19.1. The van der Waals surface area contributed by atoms with Gasteiger partial charge in [0.1, 0.15) is 12.7 Å². The van der Waals surface area contributed by atoms with Crippen LogP contribution in [0, 0.1) is 0 Å². The Morgan fingerprint density at radius 3 is 2.85 bits per heavy atom. The molecule has 0 aromatic heterocycles. The van der Waals surface area contributed by atoms with Crippen LogP contribution < -0.4 is 10.6 Å². The van der Waals surface area contributed by atoms with Crippen molar-refractivity contribution in [3.05, 3.63) is 34.9 Å². The average Bonchev–Trinajstić information content (AvgIpc) is 3.00. The Hall–Kier alpha value is -2.32. The van der Waals surface area contributed by atoms with Gasteiger partial charge >= 0.3 is 0 Å². The minimum absolute atomic E-state index is 0.169. The van der Waals surface area contributed by atoms with Crippen LogP contribution in [-0.2, 0) is 22.7 Å². The third-order valence-corrected chi connectivity index (χ3v) is 5.70. The number of alkyl halides is 1. The minimum Gasteiger partial charge on any atom is -0.322 e. The lowest BCUT2D eigenvalue weighted by molar-refractivity contribution is -0.136. The van der Waals surface area contributed by atoms with Crippen molar-refractivity contribution in [2.75, 3.05) is 26.3 Å². The van der Waals surface area contributed by atoms with Gasteiger partial charge in [-0.2, -0.15) is 0 Å². The smallest absolute Gasteiger partial charge is 0.255 e. The van der Waals surface area contributed by atoms with Crippen LogP contribution in [0.3, 0.4) is 0 Å². The van der Waals surface area contributed by atoms with Crippen LogP contribution in [0.1, 0.15) is 34.3 Å². The van der Waals surface area contributed by atoms with Crippen molar-refractivity contribution in [3.8, 4) is 0 Å². The second kappa shape index (κ2) is 7.36. The number of piperidine rings is 1. The van der Waals surface area contributed by atoms with E-state index in [2.05, 4.69) is 15.5 Å². The summed E-state index contributed by atoms with van der Waals surface area (Å²) in [4.78, 5) is 40.1. The fourth-order valence-corrected chi connectivity index (χ4v) is 4.18. The van der Waals surface area contributed by atoms with Gasteiger partial charge in [-0.1, -0.05) is 12.1 Å². The Labute approximate surface area is 156 Å². The van der Waals surface area contributed by atoms with Gasteiger partial charge < -0.3 is 10.2 Å². The highest BCUT2D eigenvalue weighted by Crippen LogP contribution is 2.30. The molecule has 2 atom stereocenters. The zero-order chi connectivity index (χ0) is 19.0. The Balaban J connectivity index is 1.56. The lowest BCUT2D eigenvalue weighted by atomic mass is 10.0. The van der Waals surface area contributed by atoms with Crippen LogP contribution in [0.4, 0.5) is 4.39 Å². The molecule has 3 aliphatic rings. The molecule has 3 amide bonds. The molecule has 0 aliphatic carbocycles. The highest BCUT2D eigenvalue weighted by molar-refractivity contribution is 6.05. The van der Waals surface area contributed by atoms with E-state index in [1.165, 1.54) is 0 Å². The molecule has 3 heterocycles. The number of amides is 3. The van der Waals surface area contributed by atoms with E-state index in [9.17, 15) is 18.8 Å². The number of nitrogens with one attached hydrogen (secondary N) is 2. The number of carbonyl (C=O) groups excluding carboxylic acids is 3. The number of carbonyl (C=O) groups is 3. The molecule has 3 aliphatic heterocycles. The van der Waals surface area contributed by atoms with Gasteiger partial charge in [0.2, 0.25) is 11.8 Å². The van der Waals surface area contributed by atoms with Gasteiger partial charge in [0.15, 0.2) is 0 Å². The number of rotatable bonds is 4. The summed E-state index contributed by atoms with van der Waals surface area (Å²) in [6.45, 7) is 2.70. The van der Waals surface area contributed by atoms with Gasteiger partial charge in [-0.05, 0) is 23.6 Å². The van der Waals surface area contributed by atoms with Crippen LogP contribution in [0.5, 0.6) is 0 Å². The Kier molecular flexibility index (Phi) is 4.92. The zero-order valence-corrected chi connectivity index (χ0v) is 15.0. The molecule has 27 heavy (non-hydrogen) atoms. The summed E-state index contributed by atoms with van der Waals surface area (Å²) in [5.41, 5.74) is 2.50.